The number of aromatic nitrogens is 1. The van der Waals surface area contributed by atoms with Gasteiger partial charge in [0.05, 0.1) is 6.61 Å². The first-order chi connectivity index (χ1) is 11.4. The van der Waals surface area contributed by atoms with Crippen molar-refractivity contribution in [2.24, 2.45) is 0 Å². The maximum atomic E-state index is 5.80. The predicted molar refractivity (Wildman–Crippen MR) is 98.5 cm³/mol. The summed E-state index contributed by atoms with van der Waals surface area (Å²) in [5, 5.41) is 0. The summed E-state index contributed by atoms with van der Waals surface area (Å²) in [6.45, 7) is 3.07. The van der Waals surface area contributed by atoms with E-state index in [-0.39, 0.29) is 0 Å². The molecule has 0 atom stereocenters. The summed E-state index contributed by atoms with van der Waals surface area (Å²) in [6, 6.07) is 12.3. The maximum absolute atomic E-state index is 5.80. The normalized spacial score (nSPS) is 11.0. The largest absolute Gasteiger partial charge is 0.494 e. The number of hydrogen-bond acceptors (Lipinski definition) is 2. The molecule has 122 valence electrons. The Morgan fingerprint density at radius 2 is 1.39 bits per heavy atom. The smallest absolute Gasteiger partial charge is 0.119 e. The van der Waals surface area contributed by atoms with Crippen molar-refractivity contribution < 1.29 is 4.74 Å². The van der Waals surface area contributed by atoms with E-state index < -0.39 is 0 Å². The van der Waals surface area contributed by atoms with Crippen molar-refractivity contribution in [3.05, 3.63) is 59.9 Å². The minimum absolute atomic E-state index is 0.818. The third kappa shape index (κ3) is 7.14. The van der Waals surface area contributed by atoms with Crippen molar-refractivity contribution in [2.45, 2.75) is 45.4 Å². The molecular formula is C21H27NO. The molecule has 2 aromatic rings. The highest BCUT2D eigenvalue weighted by Crippen LogP contribution is 2.15. The van der Waals surface area contributed by atoms with Gasteiger partial charge in [-0.1, -0.05) is 63.3 Å². The van der Waals surface area contributed by atoms with E-state index in [2.05, 4.69) is 36.2 Å². The number of ether oxygens (including phenoxy) is 1. The lowest BCUT2D eigenvalue weighted by Gasteiger charge is -2.06. The molecule has 1 aromatic carbocycles. The molecule has 1 aromatic heterocycles. The zero-order valence-corrected chi connectivity index (χ0v) is 14.1. The van der Waals surface area contributed by atoms with Crippen LogP contribution in [0, 0.1) is 0 Å². The van der Waals surface area contributed by atoms with Crippen LogP contribution in [0.1, 0.15) is 56.6 Å². The monoisotopic (exact) mass is 309 g/mol. The summed E-state index contributed by atoms with van der Waals surface area (Å²) >= 11 is 0. The Morgan fingerprint density at radius 3 is 2.09 bits per heavy atom. The van der Waals surface area contributed by atoms with Gasteiger partial charge in [0.15, 0.2) is 0 Å². The summed E-state index contributed by atoms with van der Waals surface area (Å²) in [6.07, 6.45) is 15.6. The Bertz CT molecular complexity index is 560. The molecule has 23 heavy (non-hydrogen) atoms. The molecule has 0 bridgehead atoms. The third-order valence-electron chi connectivity index (χ3n) is 3.82. The molecule has 2 rings (SSSR count). The number of unbranched alkanes of at least 4 members (excludes halogenated alkanes) is 5. The number of rotatable bonds is 10. The van der Waals surface area contributed by atoms with Gasteiger partial charge in [-0.25, -0.2) is 0 Å². The van der Waals surface area contributed by atoms with Gasteiger partial charge >= 0.3 is 0 Å². The lowest BCUT2D eigenvalue weighted by atomic mass is 10.1. The fraction of sp³-hybridized carbons (Fsp3) is 0.381. The van der Waals surface area contributed by atoms with Crippen LogP contribution in [-0.4, -0.2) is 11.6 Å². The van der Waals surface area contributed by atoms with Crippen LogP contribution in [0.15, 0.2) is 48.8 Å². The Hall–Kier alpha value is -2.09. The van der Waals surface area contributed by atoms with E-state index in [9.17, 15) is 0 Å². The lowest BCUT2D eigenvalue weighted by molar-refractivity contribution is 0.304. The fourth-order valence-electron chi connectivity index (χ4n) is 2.41. The summed E-state index contributed by atoms with van der Waals surface area (Å²) in [5.74, 6) is 0.958. The molecule has 0 aliphatic carbocycles. The maximum Gasteiger partial charge on any atom is 0.119 e. The molecule has 0 amide bonds. The van der Waals surface area contributed by atoms with Crippen molar-refractivity contribution >= 4 is 12.2 Å². The number of pyridine rings is 1. The Kier molecular flexibility index (Phi) is 7.96. The van der Waals surface area contributed by atoms with Crippen molar-refractivity contribution in [3.8, 4) is 5.75 Å². The van der Waals surface area contributed by atoms with Crippen LogP contribution in [0.25, 0.3) is 12.2 Å². The second-order valence-corrected chi connectivity index (χ2v) is 5.80. The first-order valence-corrected chi connectivity index (χ1v) is 8.69. The van der Waals surface area contributed by atoms with Crippen molar-refractivity contribution in [3.63, 3.8) is 0 Å². The van der Waals surface area contributed by atoms with Gasteiger partial charge in [-0.15, -0.1) is 0 Å². The highest BCUT2D eigenvalue weighted by molar-refractivity contribution is 5.69. The molecular weight excluding hydrogens is 282 g/mol. The number of hydrogen-bond donors (Lipinski definition) is 0. The van der Waals surface area contributed by atoms with Gasteiger partial charge in [-0.3, -0.25) is 4.98 Å². The van der Waals surface area contributed by atoms with Gasteiger partial charge < -0.3 is 4.74 Å². The molecule has 0 fully saturated rings. The average molecular weight is 309 g/mol. The van der Waals surface area contributed by atoms with Crippen LogP contribution in [0.5, 0.6) is 5.75 Å². The lowest BCUT2D eigenvalue weighted by Crippen LogP contribution is -1.97. The minimum atomic E-state index is 0.818. The van der Waals surface area contributed by atoms with Crippen molar-refractivity contribution in [1.29, 1.82) is 0 Å². The van der Waals surface area contributed by atoms with E-state index in [1.165, 1.54) is 37.7 Å². The van der Waals surface area contributed by atoms with E-state index in [1.807, 2.05) is 24.3 Å². The Balaban J connectivity index is 1.69. The summed E-state index contributed by atoms with van der Waals surface area (Å²) in [7, 11) is 0. The third-order valence-corrected chi connectivity index (χ3v) is 3.82. The molecule has 0 aliphatic heterocycles. The second-order valence-electron chi connectivity index (χ2n) is 5.80. The minimum Gasteiger partial charge on any atom is -0.494 e. The summed E-state index contributed by atoms with van der Waals surface area (Å²) in [5.41, 5.74) is 2.33. The SMILES string of the molecule is CCCCCCCCOc1ccc(C=Cc2ccncc2)cc1. The van der Waals surface area contributed by atoms with Gasteiger partial charge in [-0.05, 0) is 41.8 Å². The van der Waals surface area contributed by atoms with E-state index in [0.29, 0.717) is 0 Å². The van der Waals surface area contributed by atoms with E-state index in [4.69, 9.17) is 4.74 Å². The van der Waals surface area contributed by atoms with Crippen LogP contribution >= 0.6 is 0 Å². The summed E-state index contributed by atoms with van der Waals surface area (Å²) in [4.78, 5) is 4.02. The zero-order chi connectivity index (χ0) is 16.2. The molecule has 0 spiro atoms. The van der Waals surface area contributed by atoms with Gasteiger partial charge in [0, 0.05) is 12.4 Å². The van der Waals surface area contributed by atoms with Gasteiger partial charge in [0.25, 0.3) is 0 Å². The van der Waals surface area contributed by atoms with E-state index in [1.54, 1.807) is 12.4 Å². The van der Waals surface area contributed by atoms with E-state index in [0.717, 1.165) is 24.3 Å². The first-order valence-electron chi connectivity index (χ1n) is 8.69. The molecule has 1 heterocycles. The highest BCUT2D eigenvalue weighted by atomic mass is 16.5. The van der Waals surface area contributed by atoms with Crippen LogP contribution in [0.2, 0.25) is 0 Å². The predicted octanol–water partition coefficient (Wildman–Crippen LogP) is 5.99. The molecule has 0 aliphatic rings. The number of benzene rings is 1. The van der Waals surface area contributed by atoms with Crippen LogP contribution < -0.4 is 4.74 Å². The molecule has 0 saturated carbocycles. The van der Waals surface area contributed by atoms with Gasteiger partial charge in [0.2, 0.25) is 0 Å². The van der Waals surface area contributed by atoms with Crippen LogP contribution in [-0.2, 0) is 0 Å². The van der Waals surface area contributed by atoms with Gasteiger partial charge in [-0.2, -0.15) is 0 Å². The Labute approximate surface area is 140 Å². The molecule has 0 radical (unpaired) electrons. The zero-order valence-electron chi connectivity index (χ0n) is 14.1. The van der Waals surface area contributed by atoms with Crippen LogP contribution in [0.4, 0.5) is 0 Å². The molecule has 2 nitrogen and oxygen atoms in total. The molecule has 2 heteroatoms. The first kappa shape index (κ1) is 17.3. The van der Waals surface area contributed by atoms with Gasteiger partial charge in [0.1, 0.15) is 5.75 Å². The quantitative estimate of drug-likeness (QED) is 0.503. The van der Waals surface area contributed by atoms with Crippen molar-refractivity contribution in [1.82, 2.24) is 4.98 Å². The Morgan fingerprint density at radius 1 is 0.783 bits per heavy atom. The standard InChI is InChI=1S/C21H27NO/c1-2-3-4-5-6-7-18-23-21-12-10-19(11-13-21)8-9-20-14-16-22-17-15-20/h8-17H,2-7,18H2,1H3. The number of nitrogens with zero attached hydrogens (tertiary/aromatic N) is 1. The molecule has 0 unspecified atom stereocenters. The molecule has 0 saturated heterocycles. The van der Waals surface area contributed by atoms with E-state index >= 15 is 0 Å². The highest BCUT2D eigenvalue weighted by Gasteiger charge is 1.95. The average Bonchev–Trinajstić information content (AvgIpc) is 2.61. The second kappa shape index (κ2) is 10.6. The van der Waals surface area contributed by atoms with Crippen molar-refractivity contribution in [2.75, 3.05) is 6.61 Å². The topological polar surface area (TPSA) is 22.1 Å². The molecule has 0 N–H and O–H groups in total. The summed E-state index contributed by atoms with van der Waals surface area (Å²) < 4.78 is 5.80. The fourth-order valence-corrected chi connectivity index (χ4v) is 2.41. The van der Waals surface area contributed by atoms with Crippen LogP contribution in [0.3, 0.4) is 0 Å².